The Kier molecular flexibility index (Phi) is 5.64. The second-order valence-electron chi connectivity index (χ2n) is 5.94. The monoisotopic (exact) mass is 284 g/mol. The van der Waals surface area contributed by atoms with Crippen molar-refractivity contribution < 1.29 is 0 Å². The molecule has 2 atom stereocenters. The van der Waals surface area contributed by atoms with E-state index in [-0.39, 0.29) is 0 Å². The Hall–Kier alpha value is -0.610. The summed E-state index contributed by atoms with van der Waals surface area (Å²) < 4.78 is 2.01. The number of nitrogens with zero attached hydrogens (tertiary/aromatic N) is 3. The van der Waals surface area contributed by atoms with E-state index in [1.54, 1.807) is 6.33 Å². The summed E-state index contributed by atoms with van der Waals surface area (Å²) in [7, 11) is 0. The van der Waals surface area contributed by atoms with Gasteiger partial charge in [0, 0.05) is 18.5 Å². The van der Waals surface area contributed by atoms with Crippen molar-refractivity contribution in [2.75, 3.05) is 5.88 Å². The Morgan fingerprint density at radius 2 is 2.21 bits per heavy atom. The largest absolute Gasteiger partial charge is 0.307 e. The van der Waals surface area contributed by atoms with Crippen LogP contribution in [0.1, 0.15) is 45.4 Å². The molecule has 2 rings (SSSR count). The minimum absolute atomic E-state index is 0.537. The van der Waals surface area contributed by atoms with Gasteiger partial charge in [0.05, 0.1) is 6.54 Å². The second kappa shape index (κ2) is 7.25. The van der Waals surface area contributed by atoms with Gasteiger partial charge in [-0.15, -0.1) is 11.6 Å². The SMILES string of the molecule is CC(C)Cn1ncnc1CNC1CCCCC1CCl. The molecule has 5 heteroatoms. The lowest BCUT2D eigenvalue weighted by molar-refractivity contribution is 0.278. The van der Waals surface area contributed by atoms with Crippen LogP contribution in [0.2, 0.25) is 0 Å². The van der Waals surface area contributed by atoms with Crippen LogP contribution < -0.4 is 5.32 Å². The number of halogens is 1. The Morgan fingerprint density at radius 3 is 2.95 bits per heavy atom. The fourth-order valence-corrected chi connectivity index (χ4v) is 3.18. The van der Waals surface area contributed by atoms with Crippen LogP contribution in [0, 0.1) is 11.8 Å². The van der Waals surface area contributed by atoms with Crippen molar-refractivity contribution in [3.8, 4) is 0 Å². The van der Waals surface area contributed by atoms with Gasteiger partial charge in [0.25, 0.3) is 0 Å². The van der Waals surface area contributed by atoms with E-state index in [1.807, 2.05) is 4.68 Å². The van der Waals surface area contributed by atoms with Crippen molar-refractivity contribution in [2.24, 2.45) is 11.8 Å². The Morgan fingerprint density at radius 1 is 1.42 bits per heavy atom. The smallest absolute Gasteiger partial charge is 0.140 e. The lowest BCUT2D eigenvalue weighted by Gasteiger charge is -2.30. The van der Waals surface area contributed by atoms with Crippen LogP contribution in [-0.4, -0.2) is 26.7 Å². The Balaban J connectivity index is 1.89. The van der Waals surface area contributed by atoms with Gasteiger partial charge in [-0.2, -0.15) is 5.10 Å². The zero-order valence-corrected chi connectivity index (χ0v) is 12.7. The molecule has 0 radical (unpaired) electrons. The highest BCUT2D eigenvalue weighted by molar-refractivity contribution is 6.18. The molecular weight excluding hydrogens is 260 g/mol. The molecule has 0 amide bonds. The van der Waals surface area contributed by atoms with Gasteiger partial charge >= 0.3 is 0 Å². The summed E-state index contributed by atoms with van der Waals surface area (Å²) in [6.45, 7) is 6.12. The summed E-state index contributed by atoms with van der Waals surface area (Å²) in [4.78, 5) is 4.36. The first kappa shape index (κ1) is 14.8. The first-order valence-corrected chi connectivity index (χ1v) is 7.90. The first-order chi connectivity index (χ1) is 9.20. The van der Waals surface area contributed by atoms with Gasteiger partial charge in [0.2, 0.25) is 0 Å². The molecule has 1 saturated carbocycles. The predicted octanol–water partition coefficient (Wildman–Crippen LogP) is 2.82. The molecule has 0 aromatic carbocycles. The number of hydrogen-bond donors (Lipinski definition) is 1. The number of alkyl halides is 1. The van der Waals surface area contributed by atoms with E-state index in [2.05, 4.69) is 29.2 Å². The number of hydrogen-bond acceptors (Lipinski definition) is 3. The van der Waals surface area contributed by atoms with Crippen LogP contribution in [0.25, 0.3) is 0 Å². The highest BCUT2D eigenvalue weighted by Crippen LogP contribution is 2.25. The summed E-state index contributed by atoms with van der Waals surface area (Å²) in [5.41, 5.74) is 0. The van der Waals surface area contributed by atoms with Crippen LogP contribution in [0.15, 0.2) is 6.33 Å². The Bertz CT molecular complexity index is 377. The lowest BCUT2D eigenvalue weighted by atomic mass is 9.86. The van der Waals surface area contributed by atoms with Crippen LogP contribution in [0.3, 0.4) is 0 Å². The molecule has 0 saturated heterocycles. The van der Waals surface area contributed by atoms with E-state index in [0.29, 0.717) is 17.9 Å². The second-order valence-corrected chi connectivity index (χ2v) is 6.25. The average Bonchev–Trinajstić information content (AvgIpc) is 2.83. The molecule has 1 aliphatic rings. The number of rotatable bonds is 6. The molecule has 0 bridgehead atoms. The quantitative estimate of drug-likeness (QED) is 0.817. The summed E-state index contributed by atoms with van der Waals surface area (Å²) >= 11 is 6.06. The van der Waals surface area contributed by atoms with Gasteiger partial charge < -0.3 is 5.32 Å². The standard InChI is InChI=1S/C14H25ClN4/c1-11(2)9-19-14(17-10-18-19)8-16-13-6-4-3-5-12(13)7-15/h10-13,16H,3-9H2,1-2H3. The van der Waals surface area contributed by atoms with Crippen LogP contribution >= 0.6 is 11.6 Å². The summed E-state index contributed by atoms with van der Waals surface area (Å²) in [5.74, 6) is 2.99. The normalized spacial score (nSPS) is 24.0. The maximum Gasteiger partial charge on any atom is 0.140 e. The van der Waals surface area contributed by atoms with Gasteiger partial charge in [0.15, 0.2) is 0 Å². The highest BCUT2D eigenvalue weighted by atomic mass is 35.5. The first-order valence-electron chi connectivity index (χ1n) is 7.36. The van der Waals surface area contributed by atoms with Crippen molar-refractivity contribution in [3.63, 3.8) is 0 Å². The predicted molar refractivity (Wildman–Crippen MR) is 78.2 cm³/mol. The van der Waals surface area contributed by atoms with Crippen molar-refractivity contribution >= 4 is 11.6 Å². The number of nitrogens with one attached hydrogen (secondary N) is 1. The molecule has 1 heterocycles. The third-order valence-electron chi connectivity index (χ3n) is 3.86. The average molecular weight is 285 g/mol. The summed E-state index contributed by atoms with van der Waals surface area (Å²) in [6.07, 6.45) is 6.76. The lowest BCUT2D eigenvalue weighted by Crippen LogP contribution is -2.39. The number of aromatic nitrogens is 3. The van der Waals surface area contributed by atoms with E-state index >= 15 is 0 Å². The maximum absolute atomic E-state index is 6.06. The molecular formula is C14H25ClN4. The van der Waals surface area contributed by atoms with Crippen molar-refractivity contribution in [3.05, 3.63) is 12.2 Å². The summed E-state index contributed by atoms with van der Waals surface area (Å²) in [6, 6.07) is 0.537. The molecule has 1 fully saturated rings. The Labute approximate surface area is 120 Å². The van der Waals surface area contributed by atoms with E-state index in [1.165, 1.54) is 25.7 Å². The van der Waals surface area contributed by atoms with E-state index in [9.17, 15) is 0 Å². The van der Waals surface area contributed by atoms with Crippen molar-refractivity contribution in [1.82, 2.24) is 20.1 Å². The molecule has 0 spiro atoms. The fraction of sp³-hybridized carbons (Fsp3) is 0.857. The molecule has 2 unspecified atom stereocenters. The van der Waals surface area contributed by atoms with Gasteiger partial charge in [0.1, 0.15) is 12.2 Å². The van der Waals surface area contributed by atoms with Gasteiger partial charge in [-0.1, -0.05) is 26.7 Å². The van der Waals surface area contributed by atoms with Crippen molar-refractivity contribution in [1.29, 1.82) is 0 Å². The highest BCUT2D eigenvalue weighted by Gasteiger charge is 2.24. The molecule has 1 aliphatic carbocycles. The van der Waals surface area contributed by atoms with Crippen LogP contribution in [0.5, 0.6) is 0 Å². The minimum Gasteiger partial charge on any atom is -0.307 e. The summed E-state index contributed by atoms with van der Waals surface area (Å²) in [5, 5.41) is 7.93. The molecule has 19 heavy (non-hydrogen) atoms. The third kappa shape index (κ3) is 4.18. The van der Waals surface area contributed by atoms with E-state index < -0.39 is 0 Å². The van der Waals surface area contributed by atoms with Crippen LogP contribution in [-0.2, 0) is 13.1 Å². The molecule has 108 valence electrons. The zero-order chi connectivity index (χ0) is 13.7. The van der Waals surface area contributed by atoms with Gasteiger partial charge in [-0.05, 0) is 24.7 Å². The van der Waals surface area contributed by atoms with E-state index in [4.69, 9.17) is 11.6 Å². The van der Waals surface area contributed by atoms with Gasteiger partial charge in [-0.3, -0.25) is 0 Å². The molecule has 1 N–H and O–H groups in total. The van der Waals surface area contributed by atoms with Gasteiger partial charge in [-0.25, -0.2) is 9.67 Å². The fourth-order valence-electron chi connectivity index (χ4n) is 2.81. The van der Waals surface area contributed by atoms with Crippen molar-refractivity contribution in [2.45, 2.75) is 58.7 Å². The topological polar surface area (TPSA) is 42.7 Å². The maximum atomic E-state index is 6.06. The van der Waals surface area contributed by atoms with Crippen LogP contribution in [0.4, 0.5) is 0 Å². The zero-order valence-electron chi connectivity index (χ0n) is 12.0. The third-order valence-corrected chi connectivity index (χ3v) is 4.26. The van der Waals surface area contributed by atoms with E-state index in [0.717, 1.165) is 24.8 Å². The molecule has 4 nitrogen and oxygen atoms in total. The molecule has 1 aromatic rings. The molecule has 0 aliphatic heterocycles. The molecule has 1 aromatic heterocycles. The minimum atomic E-state index is 0.537.